The molecule has 0 aromatic heterocycles. The zero-order chi connectivity index (χ0) is 16.2. The molecule has 1 heterocycles. The van der Waals surface area contributed by atoms with Crippen molar-refractivity contribution in [1.29, 1.82) is 0 Å². The quantitative estimate of drug-likeness (QED) is 0.911. The zero-order valence-corrected chi connectivity index (χ0v) is 14.1. The van der Waals surface area contributed by atoms with Gasteiger partial charge in [-0.25, -0.2) is 0 Å². The molecule has 0 spiro atoms. The van der Waals surface area contributed by atoms with Gasteiger partial charge in [0.15, 0.2) is 0 Å². The number of hydrogen-bond acceptors (Lipinski definition) is 3. The summed E-state index contributed by atoms with van der Waals surface area (Å²) in [6, 6.07) is 14.0. The first-order valence-electron chi connectivity index (χ1n) is 7.98. The molecule has 0 aliphatic carbocycles. The van der Waals surface area contributed by atoms with E-state index >= 15 is 0 Å². The molecule has 1 aliphatic rings. The highest BCUT2D eigenvalue weighted by atomic mass is 35.5. The number of β-amino-alcohol motifs (C(OH)–C–C–N with tert-alkyl or cyclic N) is 1. The van der Waals surface area contributed by atoms with E-state index < -0.39 is 6.10 Å². The van der Waals surface area contributed by atoms with Gasteiger partial charge < -0.3 is 9.84 Å². The Balaban J connectivity index is 1.51. The van der Waals surface area contributed by atoms with Crippen LogP contribution in [0.4, 0.5) is 0 Å². The summed E-state index contributed by atoms with van der Waals surface area (Å²) in [6.07, 6.45) is 0.537. The number of hydrogen-bond donors (Lipinski definition) is 1. The molecule has 0 saturated heterocycles. The van der Waals surface area contributed by atoms with Crippen LogP contribution in [0.2, 0.25) is 5.02 Å². The van der Waals surface area contributed by atoms with Crippen LogP contribution in [0.25, 0.3) is 0 Å². The topological polar surface area (TPSA) is 32.7 Å². The Kier molecular flexibility index (Phi) is 5.21. The molecule has 1 atom stereocenters. The highest BCUT2D eigenvalue weighted by Crippen LogP contribution is 2.22. The normalized spacial score (nSPS) is 16.0. The molecular formula is C19H22ClNO2. The smallest absolute Gasteiger partial charge is 0.122 e. The van der Waals surface area contributed by atoms with E-state index in [0.717, 1.165) is 30.8 Å². The van der Waals surface area contributed by atoms with Crippen LogP contribution in [0.5, 0.6) is 5.75 Å². The first-order valence-corrected chi connectivity index (χ1v) is 8.36. The minimum Gasteiger partial charge on any atom is -0.491 e. The van der Waals surface area contributed by atoms with Crippen LogP contribution in [-0.2, 0) is 13.0 Å². The number of fused-ring (bicyclic) bond motifs is 1. The number of benzene rings is 2. The van der Waals surface area contributed by atoms with Gasteiger partial charge in [-0.05, 0) is 48.2 Å². The van der Waals surface area contributed by atoms with Gasteiger partial charge in [0.1, 0.15) is 18.5 Å². The molecule has 1 N–H and O–H groups in total. The Bertz CT molecular complexity index is 674. The molecule has 0 saturated carbocycles. The number of aliphatic hydroxyl groups is 1. The Morgan fingerprint density at radius 2 is 2.00 bits per heavy atom. The Morgan fingerprint density at radius 3 is 2.78 bits per heavy atom. The minimum absolute atomic E-state index is 0.292. The van der Waals surface area contributed by atoms with Gasteiger partial charge in [0.25, 0.3) is 0 Å². The molecule has 0 bridgehead atoms. The van der Waals surface area contributed by atoms with Crippen molar-refractivity contribution in [2.24, 2.45) is 0 Å². The number of halogens is 1. The van der Waals surface area contributed by atoms with E-state index in [4.69, 9.17) is 16.3 Å². The van der Waals surface area contributed by atoms with Crippen LogP contribution in [-0.4, -0.2) is 35.8 Å². The van der Waals surface area contributed by atoms with E-state index in [1.165, 1.54) is 11.1 Å². The van der Waals surface area contributed by atoms with E-state index in [1.54, 1.807) is 6.07 Å². The molecule has 2 aromatic carbocycles. The second-order valence-corrected chi connectivity index (χ2v) is 6.56. The Hall–Kier alpha value is -1.55. The maximum absolute atomic E-state index is 10.3. The van der Waals surface area contributed by atoms with Crippen molar-refractivity contribution in [3.63, 3.8) is 0 Å². The molecule has 0 radical (unpaired) electrons. The largest absolute Gasteiger partial charge is 0.491 e. The van der Waals surface area contributed by atoms with Crippen molar-refractivity contribution in [3.8, 4) is 5.75 Å². The van der Waals surface area contributed by atoms with Gasteiger partial charge in [0.05, 0.1) is 0 Å². The van der Waals surface area contributed by atoms with Crippen molar-refractivity contribution >= 4 is 11.6 Å². The van der Waals surface area contributed by atoms with Crippen LogP contribution in [0.15, 0.2) is 42.5 Å². The van der Waals surface area contributed by atoms with Crippen molar-refractivity contribution in [3.05, 3.63) is 64.2 Å². The highest BCUT2D eigenvalue weighted by Gasteiger charge is 2.18. The zero-order valence-electron chi connectivity index (χ0n) is 13.3. The fraction of sp³-hybridized carbons (Fsp3) is 0.368. The fourth-order valence-corrected chi connectivity index (χ4v) is 3.25. The van der Waals surface area contributed by atoms with Gasteiger partial charge in [-0.3, -0.25) is 4.90 Å². The first-order chi connectivity index (χ1) is 11.1. The number of nitrogens with zero attached hydrogens (tertiary/aromatic N) is 1. The third-order valence-electron chi connectivity index (χ3n) is 4.25. The maximum atomic E-state index is 10.3. The number of aryl methyl sites for hydroxylation is 1. The van der Waals surface area contributed by atoms with Gasteiger partial charge in [-0.1, -0.05) is 35.9 Å². The fourth-order valence-electron chi connectivity index (χ4n) is 3.02. The van der Waals surface area contributed by atoms with Crippen LogP contribution >= 0.6 is 11.6 Å². The van der Waals surface area contributed by atoms with E-state index in [2.05, 4.69) is 29.2 Å². The molecule has 0 amide bonds. The molecule has 1 aliphatic heterocycles. The van der Waals surface area contributed by atoms with Gasteiger partial charge in [0, 0.05) is 24.7 Å². The summed E-state index contributed by atoms with van der Waals surface area (Å²) >= 11 is 5.94. The summed E-state index contributed by atoms with van der Waals surface area (Å²) in [7, 11) is 0. The SMILES string of the molecule is Cc1cc(Cl)ccc1OC[C@H](O)CN1CCc2ccccc2C1. The predicted octanol–water partition coefficient (Wildman–Crippen LogP) is 3.45. The molecule has 4 heteroatoms. The molecule has 0 unspecified atom stereocenters. The summed E-state index contributed by atoms with van der Waals surface area (Å²) in [5, 5.41) is 11.0. The van der Waals surface area contributed by atoms with E-state index in [-0.39, 0.29) is 0 Å². The standard InChI is InChI=1S/C19H22ClNO2/c1-14-10-17(20)6-7-19(14)23-13-18(22)12-21-9-8-15-4-2-3-5-16(15)11-21/h2-7,10,18,22H,8-9,11-13H2,1H3/t18-/m1/s1. The van der Waals surface area contributed by atoms with Crippen molar-refractivity contribution in [1.82, 2.24) is 4.90 Å². The molecule has 23 heavy (non-hydrogen) atoms. The highest BCUT2D eigenvalue weighted by molar-refractivity contribution is 6.30. The molecule has 0 fully saturated rings. The van der Waals surface area contributed by atoms with Crippen molar-refractivity contribution < 1.29 is 9.84 Å². The summed E-state index contributed by atoms with van der Waals surface area (Å²) in [5.41, 5.74) is 3.77. The van der Waals surface area contributed by atoms with Gasteiger partial charge in [0.2, 0.25) is 0 Å². The first kappa shape index (κ1) is 16.3. The summed E-state index contributed by atoms with van der Waals surface area (Å²) in [5.74, 6) is 0.775. The monoisotopic (exact) mass is 331 g/mol. The second kappa shape index (κ2) is 7.35. The summed E-state index contributed by atoms with van der Waals surface area (Å²) < 4.78 is 5.73. The lowest BCUT2D eigenvalue weighted by atomic mass is 10.00. The lowest BCUT2D eigenvalue weighted by molar-refractivity contribution is 0.0635. The third-order valence-corrected chi connectivity index (χ3v) is 4.48. The average Bonchev–Trinajstić information content (AvgIpc) is 2.54. The summed E-state index contributed by atoms with van der Waals surface area (Å²) in [6.45, 7) is 4.75. The lowest BCUT2D eigenvalue weighted by Gasteiger charge is -2.30. The number of rotatable bonds is 5. The van der Waals surface area contributed by atoms with E-state index in [1.807, 2.05) is 19.1 Å². The van der Waals surface area contributed by atoms with Crippen LogP contribution in [0, 0.1) is 6.92 Å². The number of ether oxygens (including phenoxy) is 1. The molecular weight excluding hydrogens is 310 g/mol. The van der Waals surface area contributed by atoms with Gasteiger partial charge in [-0.2, -0.15) is 0 Å². The maximum Gasteiger partial charge on any atom is 0.122 e. The lowest BCUT2D eigenvalue weighted by Crippen LogP contribution is -2.38. The average molecular weight is 332 g/mol. The molecule has 122 valence electrons. The van der Waals surface area contributed by atoms with Crippen LogP contribution in [0.3, 0.4) is 0 Å². The van der Waals surface area contributed by atoms with E-state index in [0.29, 0.717) is 18.2 Å². The van der Waals surface area contributed by atoms with Gasteiger partial charge in [-0.15, -0.1) is 0 Å². The number of aliphatic hydroxyl groups excluding tert-OH is 1. The predicted molar refractivity (Wildman–Crippen MR) is 93.1 cm³/mol. The molecule has 3 rings (SSSR count). The van der Waals surface area contributed by atoms with Crippen LogP contribution < -0.4 is 4.74 Å². The molecule has 2 aromatic rings. The third kappa shape index (κ3) is 4.25. The molecule has 3 nitrogen and oxygen atoms in total. The van der Waals surface area contributed by atoms with Crippen molar-refractivity contribution in [2.45, 2.75) is 26.0 Å². The van der Waals surface area contributed by atoms with Crippen LogP contribution in [0.1, 0.15) is 16.7 Å². The van der Waals surface area contributed by atoms with E-state index in [9.17, 15) is 5.11 Å². The Labute approximate surface area is 142 Å². The van der Waals surface area contributed by atoms with Crippen molar-refractivity contribution in [2.75, 3.05) is 19.7 Å². The Morgan fingerprint density at radius 1 is 1.22 bits per heavy atom. The van der Waals surface area contributed by atoms with Gasteiger partial charge >= 0.3 is 0 Å². The second-order valence-electron chi connectivity index (χ2n) is 6.13. The summed E-state index contributed by atoms with van der Waals surface area (Å²) in [4.78, 5) is 2.28. The minimum atomic E-state index is -0.504.